The predicted molar refractivity (Wildman–Crippen MR) is 80.9 cm³/mol. The lowest BCUT2D eigenvalue weighted by atomic mass is 10.2. The molecule has 21 heavy (non-hydrogen) atoms. The molecule has 2 aromatic carbocycles. The molecule has 0 aliphatic heterocycles. The van der Waals surface area contributed by atoms with Crippen molar-refractivity contribution in [2.24, 2.45) is 0 Å². The molecule has 1 N–H and O–H groups in total. The molecule has 0 aromatic heterocycles. The van der Waals surface area contributed by atoms with Gasteiger partial charge < -0.3 is 10.1 Å². The molecule has 2 rings (SSSR count). The van der Waals surface area contributed by atoms with Crippen LogP contribution in [-0.4, -0.2) is 12.5 Å². The SMILES string of the molecule is Cc1cccc(OCCCC(=O)Nc2ccccc2F)c1. The third kappa shape index (κ3) is 4.91. The summed E-state index contributed by atoms with van der Waals surface area (Å²) < 4.78 is 18.9. The number of anilines is 1. The Bertz CT molecular complexity index is 613. The summed E-state index contributed by atoms with van der Waals surface area (Å²) >= 11 is 0. The molecule has 0 radical (unpaired) electrons. The van der Waals surface area contributed by atoms with Crippen LogP contribution in [0, 0.1) is 12.7 Å². The first-order valence-corrected chi connectivity index (χ1v) is 6.89. The van der Waals surface area contributed by atoms with Crippen molar-refractivity contribution in [1.29, 1.82) is 0 Å². The van der Waals surface area contributed by atoms with E-state index < -0.39 is 5.82 Å². The maximum atomic E-state index is 13.4. The fourth-order valence-electron chi connectivity index (χ4n) is 1.90. The molecule has 0 spiro atoms. The molecule has 0 saturated carbocycles. The molecule has 1 amide bonds. The fraction of sp³-hybridized carbons (Fsp3) is 0.235. The van der Waals surface area contributed by atoms with E-state index in [1.54, 1.807) is 12.1 Å². The van der Waals surface area contributed by atoms with Crippen molar-refractivity contribution in [3.63, 3.8) is 0 Å². The van der Waals surface area contributed by atoms with Crippen LogP contribution in [0.1, 0.15) is 18.4 Å². The predicted octanol–water partition coefficient (Wildman–Crippen LogP) is 3.93. The van der Waals surface area contributed by atoms with E-state index in [-0.39, 0.29) is 11.6 Å². The first kappa shape index (κ1) is 15.0. The first-order chi connectivity index (χ1) is 10.1. The first-order valence-electron chi connectivity index (χ1n) is 6.89. The number of hydrogen-bond donors (Lipinski definition) is 1. The number of benzene rings is 2. The van der Waals surface area contributed by atoms with E-state index in [0.29, 0.717) is 19.4 Å². The number of amides is 1. The van der Waals surface area contributed by atoms with Crippen molar-refractivity contribution in [2.75, 3.05) is 11.9 Å². The van der Waals surface area contributed by atoms with Crippen molar-refractivity contribution in [3.8, 4) is 5.75 Å². The summed E-state index contributed by atoms with van der Waals surface area (Å²) in [6.07, 6.45) is 0.869. The summed E-state index contributed by atoms with van der Waals surface area (Å²) in [5.74, 6) is 0.152. The summed E-state index contributed by atoms with van der Waals surface area (Å²) in [4.78, 5) is 11.7. The van der Waals surface area contributed by atoms with Crippen LogP contribution in [0.15, 0.2) is 48.5 Å². The third-order valence-corrected chi connectivity index (χ3v) is 2.95. The summed E-state index contributed by atoms with van der Waals surface area (Å²) in [5.41, 5.74) is 1.34. The van der Waals surface area contributed by atoms with Crippen LogP contribution in [0.5, 0.6) is 5.75 Å². The summed E-state index contributed by atoms with van der Waals surface area (Å²) in [6.45, 7) is 2.45. The van der Waals surface area contributed by atoms with E-state index in [2.05, 4.69) is 5.32 Å². The molecule has 110 valence electrons. The van der Waals surface area contributed by atoms with Gasteiger partial charge in [-0.2, -0.15) is 0 Å². The molecule has 0 bridgehead atoms. The van der Waals surface area contributed by atoms with E-state index in [1.807, 2.05) is 31.2 Å². The number of para-hydroxylation sites is 1. The van der Waals surface area contributed by atoms with Gasteiger partial charge >= 0.3 is 0 Å². The number of carbonyl (C=O) groups is 1. The Kier molecular flexibility index (Phi) is 5.32. The summed E-state index contributed by atoms with van der Waals surface area (Å²) in [7, 11) is 0. The minimum atomic E-state index is -0.429. The molecular weight excluding hydrogens is 269 g/mol. The second-order valence-corrected chi connectivity index (χ2v) is 4.80. The van der Waals surface area contributed by atoms with Gasteiger partial charge in [-0.05, 0) is 43.2 Å². The van der Waals surface area contributed by atoms with Crippen LogP contribution in [0.25, 0.3) is 0 Å². The number of ether oxygens (including phenoxy) is 1. The van der Waals surface area contributed by atoms with E-state index in [0.717, 1.165) is 11.3 Å². The number of halogens is 1. The lowest BCUT2D eigenvalue weighted by Gasteiger charge is -2.08. The van der Waals surface area contributed by atoms with Crippen molar-refractivity contribution < 1.29 is 13.9 Å². The normalized spacial score (nSPS) is 10.2. The van der Waals surface area contributed by atoms with E-state index in [4.69, 9.17) is 4.74 Å². The van der Waals surface area contributed by atoms with Crippen LogP contribution in [0.4, 0.5) is 10.1 Å². The minimum absolute atomic E-state index is 0.210. The van der Waals surface area contributed by atoms with Gasteiger partial charge in [0.2, 0.25) is 5.91 Å². The molecule has 0 saturated heterocycles. The highest BCUT2D eigenvalue weighted by Gasteiger charge is 2.06. The third-order valence-electron chi connectivity index (χ3n) is 2.95. The highest BCUT2D eigenvalue weighted by atomic mass is 19.1. The number of nitrogens with one attached hydrogen (secondary N) is 1. The maximum Gasteiger partial charge on any atom is 0.224 e. The zero-order valence-corrected chi connectivity index (χ0v) is 11.9. The summed E-state index contributed by atoms with van der Waals surface area (Å²) in [5, 5.41) is 2.55. The van der Waals surface area contributed by atoms with Gasteiger partial charge in [-0.25, -0.2) is 4.39 Å². The van der Waals surface area contributed by atoms with Crippen molar-refractivity contribution in [2.45, 2.75) is 19.8 Å². The van der Waals surface area contributed by atoms with Gasteiger partial charge in [-0.3, -0.25) is 4.79 Å². The Labute approximate surface area is 123 Å². The average Bonchev–Trinajstić information content (AvgIpc) is 2.46. The highest BCUT2D eigenvalue weighted by molar-refractivity contribution is 5.90. The van der Waals surface area contributed by atoms with Gasteiger partial charge in [0, 0.05) is 6.42 Å². The lowest BCUT2D eigenvalue weighted by Crippen LogP contribution is -2.13. The van der Waals surface area contributed by atoms with Gasteiger partial charge in [-0.15, -0.1) is 0 Å². The molecule has 2 aromatic rings. The van der Waals surface area contributed by atoms with Gasteiger partial charge in [0.25, 0.3) is 0 Å². The Balaban J connectivity index is 1.71. The van der Waals surface area contributed by atoms with Gasteiger partial charge in [-0.1, -0.05) is 24.3 Å². The van der Waals surface area contributed by atoms with Crippen molar-refractivity contribution >= 4 is 11.6 Å². The number of aryl methyl sites for hydroxylation is 1. The molecular formula is C17H18FNO2. The zero-order valence-electron chi connectivity index (χ0n) is 11.9. The van der Waals surface area contributed by atoms with Crippen LogP contribution < -0.4 is 10.1 Å². The molecule has 0 aliphatic rings. The summed E-state index contributed by atoms with van der Waals surface area (Å²) in [6, 6.07) is 13.9. The van der Waals surface area contributed by atoms with Crippen LogP contribution >= 0.6 is 0 Å². The monoisotopic (exact) mass is 287 g/mol. The number of carbonyl (C=O) groups excluding carboxylic acids is 1. The smallest absolute Gasteiger partial charge is 0.224 e. The Morgan fingerprint density at radius 2 is 2.00 bits per heavy atom. The highest BCUT2D eigenvalue weighted by Crippen LogP contribution is 2.14. The Morgan fingerprint density at radius 3 is 2.76 bits per heavy atom. The molecule has 0 atom stereocenters. The minimum Gasteiger partial charge on any atom is -0.494 e. The second-order valence-electron chi connectivity index (χ2n) is 4.80. The van der Waals surface area contributed by atoms with Crippen molar-refractivity contribution in [1.82, 2.24) is 0 Å². The van der Waals surface area contributed by atoms with Gasteiger partial charge in [0.15, 0.2) is 0 Å². The van der Waals surface area contributed by atoms with Crippen LogP contribution in [0.2, 0.25) is 0 Å². The van der Waals surface area contributed by atoms with Crippen molar-refractivity contribution in [3.05, 3.63) is 59.9 Å². The molecule has 0 heterocycles. The Hall–Kier alpha value is -2.36. The van der Waals surface area contributed by atoms with E-state index in [9.17, 15) is 9.18 Å². The van der Waals surface area contributed by atoms with Gasteiger partial charge in [0.1, 0.15) is 11.6 Å². The van der Waals surface area contributed by atoms with Crippen LogP contribution in [0.3, 0.4) is 0 Å². The fourth-order valence-corrected chi connectivity index (χ4v) is 1.90. The molecule has 4 heteroatoms. The van der Waals surface area contributed by atoms with Gasteiger partial charge in [0.05, 0.1) is 12.3 Å². The standard InChI is InChI=1S/C17H18FNO2/c1-13-6-4-7-14(12-13)21-11-5-10-17(20)19-16-9-3-2-8-15(16)18/h2-4,6-9,12H,5,10-11H2,1H3,(H,19,20). The van der Waals surface area contributed by atoms with E-state index in [1.165, 1.54) is 12.1 Å². The quantitative estimate of drug-likeness (QED) is 0.817. The largest absolute Gasteiger partial charge is 0.494 e. The zero-order chi connectivity index (χ0) is 15.1. The number of rotatable bonds is 6. The molecule has 3 nitrogen and oxygen atoms in total. The van der Waals surface area contributed by atoms with Crippen LogP contribution in [-0.2, 0) is 4.79 Å². The molecule has 0 unspecified atom stereocenters. The maximum absolute atomic E-state index is 13.4. The number of hydrogen-bond acceptors (Lipinski definition) is 2. The molecule has 0 fully saturated rings. The molecule has 0 aliphatic carbocycles. The Morgan fingerprint density at radius 1 is 1.19 bits per heavy atom. The van der Waals surface area contributed by atoms with E-state index >= 15 is 0 Å². The lowest BCUT2D eigenvalue weighted by molar-refractivity contribution is -0.116. The average molecular weight is 287 g/mol. The topological polar surface area (TPSA) is 38.3 Å². The second kappa shape index (κ2) is 7.43.